The molecule has 102 valence electrons. The van der Waals surface area contributed by atoms with Crippen LogP contribution < -0.4 is 5.32 Å². The van der Waals surface area contributed by atoms with E-state index in [0.29, 0.717) is 0 Å². The van der Waals surface area contributed by atoms with Crippen molar-refractivity contribution in [2.45, 2.75) is 19.9 Å². The van der Waals surface area contributed by atoms with E-state index in [0.717, 1.165) is 12.1 Å². The zero-order chi connectivity index (χ0) is 14.7. The number of carbonyl (C=O) groups excluding carboxylic acids is 1. The van der Waals surface area contributed by atoms with Crippen molar-refractivity contribution in [2.24, 2.45) is 0 Å². The number of rotatable bonds is 4. The van der Waals surface area contributed by atoms with Crippen molar-refractivity contribution in [3.8, 4) is 0 Å². The second-order valence-corrected chi connectivity index (χ2v) is 3.91. The van der Waals surface area contributed by atoms with Crippen LogP contribution in [0.2, 0.25) is 0 Å². The Morgan fingerprint density at radius 3 is 2.53 bits per heavy atom. The summed E-state index contributed by atoms with van der Waals surface area (Å²) in [5.74, 6) is -3.23. The van der Waals surface area contributed by atoms with Crippen molar-refractivity contribution in [3.63, 3.8) is 0 Å². The van der Waals surface area contributed by atoms with Crippen molar-refractivity contribution in [1.82, 2.24) is 5.32 Å². The van der Waals surface area contributed by atoms with Gasteiger partial charge >= 0.3 is 5.97 Å². The van der Waals surface area contributed by atoms with Crippen LogP contribution in [0, 0.1) is 22.9 Å². The molecule has 0 saturated carbocycles. The molecule has 0 heterocycles. The van der Waals surface area contributed by atoms with Crippen molar-refractivity contribution < 1.29 is 24.0 Å². The second kappa shape index (κ2) is 5.42. The quantitative estimate of drug-likeness (QED) is 0.632. The summed E-state index contributed by atoms with van der Waals surface area (Å²) in [6, 6.07) is 0.533. The minimum atomic E-state index is -1.30. The van der Waals surface area contributed by atoms with Crippen molar-refractivity contribution >= 4 is 17.6 Å². The Bertz CT molecular complexity index is 558. The molecule has 19 heavy (non-hydrogen) atoms. The molecule has 8 heteroatoms. The largest absolute Gasteiger partial charge is 0.480 e. The fourth-order valence-corrected chi connectivity index (χ4v) is 1.36. The van der Waals surface area contributed by atoms with Crippen LogP contribution in [0.5, 0.6) is 0 Å². The lowest BCUT2D eigenvalue weighted by atomic mass is 10.1. The fourth-order valence-electron chi connectivity index (χ4n) is 1.36. The first-order valence-corrected chi connectivity index (χ1v) is 5.22. The lowest BCUT2D eigenvalue weighted by Gasteiger charge is -2.10. The zero-order valence-corrected chi connectivity index (χ0v) is 10.1. The van der Waals surface area contributed by atoms with Crippen LogP contribution >= 0.6 is 0 Å². The molecule has 1 rings (SSSR count). The van der Waals surface area contributed by atoms with Gasteiger partial charge in [0.2, 0.25) is 0 Å². The van der Waals surface area contributed by atoms with Gasteiger partial charge in [0.15, 0.2) is 0 Å². The van der Waals surface area contributed by atoms with Gasteiger partial charge in [-0.1, -0.05) is 0 Å². The third-order valence-electron chi connectivity index (χ3n) is 2.41. The Morgan fingerprint density at radius 1 is 1.47 bits per heavy atom. The average Bonchev–Trinajstić information content (AvgIpc) is 2.31. The Labute approximate surface area is 107 Å². The molecule has 0 bridgehead atoms. The molecule has 1 atom stereocenters. The van der Waals surface area contributed by atoms with E-state index >= 15 is 0 Å². The summed E-state index contributed by atoms with van der Waals surface area (Å²) in [7, 11) is 0. The zero-order valence-electron chi connectivity index (χ0n) is 10.1. The number of carboxylic acids is 1. The summed E-state index contributed by atoms with van der Waals surface area (Å²) in [5, 5.41) is 21.3. The number of nitro groups is 1. The van der Waals surface area contributed by atoms with E-state index < -0.39 is 39.9 Å². The molecular formula is C11H11FN2O5. The number of non-ortho nitro benzene ring substituents is 1. The molecule has 0 unspecified atom stereocenters. The minimum absolute atomic E-state index is 0.0673. The van der Waals surface area contributed by atoms with E-state index in [1.54, 1.807) is 0 Å². The van der Waals surface area contributed by atoms with Gasteiger partial charge in [0.1, 0.15) is 11.9 Å². The third-order valence-corrected chi connectivity index (χ3v) is 2.41. The summed E-state index contributed by atoms with van der Waals surface area (Å²) in [6.45, 7) is 2.47. The molecule has 1 amide bonds. The monoisotopic (exact) mass is 270 g/mol. The molecule has 0 aliphatic heterocycles. The minimum Gasteiger partial charge on any atom is -0.480 e. The van der Waals surface area contributed by atoms with Crippen LogP contribution in [0.15, 0.2) is 12.1 Å². The van der Waals surface area contributed by atoms with Gasteiger partial charge < -0.3 is 10.4 Å². The number of nitrogens with one attached hydrogen (secondary N) is 1. The standard InChI is InChI=1S/C11H11FN2O5/c1-5-3-7(14(18)19)4-8(9(5)12)10(15)13-6(2)11(16)17/h3-4,6H,1-2H3,(H,13,15)(H,16,17)/t6-/m1/s1. The SMILES string of the molecule is Cc1cc([N+](=O)[O-])cc(C(=O)N[C@H](C)C(=O)O)c1F. The van der Waals surface area contributed by atoms with Crippen LogP contribution in [-0.2, 0) is 4.79 Å². The summed E-state index contributed by atoms with van der Waals surface area (Å²) in [5.41, 5.74) is -1.06. The number of amides is 1. The van der Waals surface area contributed by atoms with Crippen LogP contribution in [0.4, 0.5) is 10.1 Å². The predicted molar refractivity (Wildman–Crippen MR) is 62.4 cm³/mol. The van der Waals surface area contributed by atoms with E-state index in [-0.39, 0.29) is 5.56 Å². The van der Waals surface area contributed by atoms with Gasteiger partial charge in [-0.3, -0.25) is 19.7 Å². The first kappa shape index (κ1) is 14.6. The van der Waals surface area contributed by atoms with Crippen LogP contribution in [-0.4, -0.2) is 27.9 Å². The molecule has 1 aromatic rings. The third kappa shape index (κ3) is 3.24. The number of nitrogens with zero attached hydrogens (tertiary/aromatic N) is 1. The maximum atomic E-state index is 13.7. The molecule has 0 spiro atoms. The number of hydrogen-bond donors (Lipinski definition) is 2. The molecule has 7 nitrogen and oxygen atoms in total. The number of aliphatic carboxylic acids is 1. The van der Waals surface area contributed by atoms with Crippen LogP contribution in [0.1, 0.15) is 22.8 Å². The van der Waals surface area contributed by atoms with Gasteiger partial charge in [-0.25, -0.2) is 4.39 Å². The normalized spacial score (nSPS) is 11.7. The van der Waals surface area contributed by atoms with Gasteiger partial charge in [0.05, 0.1) is 10.5 Å². The van der Waals surface area contributed by atoms with Crippen molar-refractivity contribution in [3.05, 3.63) is 39.2 Å². The fraction of sp³-hybridized carbons (Fsp3) is 0.273. The number of benzene rings is 1. The van der Waals surface area contributed by atoms with Crippen molar-refractivity contribution in [1.29, 1.82) is 0 Å². The Hall–Kier alpha value is -2.51. The molecule has 0 radical (unpaired) electrons. The number of carbonyl (C=O) groups is 2. The molecule has 0 fully saturated rings. The van der Waals surface area contributed by atoms with Crippen molar-refractivity contribution in [2.75, 3.05) is 0 Å². The summed E-state index contributed by atoms with van der Waals surface area (Å²) >= 11 is 0. The Morgan fingerprint density at radius 2 is 2.05 bits per heavy atom. The number of hydrogen-bond acceptors (Lipinski definition) is 4. The topological polar surface area (TPSA) is 110 Å². The molecule has 0 aliphatic carbocycles. The van der Waals surface area contributed by atoms with E-state index in [1.165, 1.54) is 13.8 Å². The second-order valence-electron chi connectivity index (χ2n) is 3.91. The lowest BCUT2D eigenvalue weighted by molar-refractivity contribution is -0.385. The summed E-state index contributed by atoms with van der Waals surface area (Å²) < 4.78 is 13.7. The highest BCUT2D eigenvalue weighted by Gasteiger charge is 2.22. The predicted octanol–water partition coefficient (Wildman–Crippen LogP) is 1.25. The summed E-state index contributed by atoms with van der Waals surface area (Å²) in [6.07, 6.45) is 0. The van der Waals surface area contributed by atoms with E-state index in [1.807, 2.05) is 5.32 Å². The number of aryl methyl sites for hydroxylation is 1. The Balaban J connectivity index is 3.15. The van der Waals surface area contributed by atoms with Crippen LogP contribution in [0.25, 0.3) is 0 Å². The van der Waals surface area contributed by atoms with Crippen LogP contribution in [0.3, 0.4) is 0 Å². The van der Waals surface area contributed by atoms with Gasteiger partial charge in [-0.05, 0) is 19.4 Å². The van der Waals surface area contributed by atoms with E-state index in [9.17, 15) is 24.1 Å². The molecule has 1 aromatic carbocycles. The number of nitro benzene ring substituents is 1. The lowest BCUT2D eigenvalue weighted by Crippen LogP contribution is -2.38. The molecule has 0 aliphatic rings. The van der Waals surface area contributed by atoms with E-state index in [4.69, 9.17) is 5.11 Å². The number of carboxylic acid groups (broad SMARTS) is 1. The summed E-state index contributed by atoms with van der Waals surface area (Å²) in [4.78, 5) is 32.1. The highest BCUT2D eigenvalue weighted by atomic mass is 19.1. The molecule has 0 saturated heterocycles. The average molecular weight is 270 g/mol. The first-order valence-electron chi connectivity index (χ1n) is 5.22. The highest BCUT2D eigenvalue weighted by molar-refractivity contribution is 5.97. The number of halogens is 1. The van der Waals surface area contributed by atoms with Gasteiger partial charge in [-0.15, -0.1) is 0 Å². The molecule has 2 N–H and O–H groups in total. The smallest absolute Gasteiger partial charge is 0.325 e. The molecular weight excluding hydrogens is 259 g/mol. The molecule has 0 aromatic heterocycles. The Kier molecular flexibility index (Phi) is 4.15. The first-order chi connectivity index (χ1) is 8.73. The highest BCUT2D eigenvalue weighted by Crippen LogP contribution is 2.21. The maximum Gasteiger partial charge on any atom is 0.325 e. The maximum absolute atomic E-state index is 13.7. The van der Waals surface area contributed by atoms with E-state index in [2.05, 4.69) is 0 Å². The van der Waals surface area contributed by atoms with Gasteiger partial charge in [-0.2, -0.15) is 0 Å². The van der Waals surface area contributed by atoms with Gasteiger partial charge in [0, 0.05) is 12.1 Å². The van der Waals surface area contributed by atoms with Gasteiger partial charge in [0.25, 0.3) is 11.6 Å².